The molecule has 0 amide bonds. The Kier molecular flexibility index (Phi) is 3.33. The predicted octanol–water partition coefficient (Wildman–Crippen LogP) is 4.71. The van der Waals surface area contributed by atoms with Gasteiger partial charge in [0.2, 0.25) is 0 Å². The van der Waals surface area contributed by atoms with Crippen LogP contribution in [-0.4, -0.2) is 15.6 Å². The maximum absolute atomic E-state index is 11.2. The third-order valence-electron chi connectivity index (χ3n) is 3.71. The first-order chi connectivity index (χ1) is 9.97. The first kappa shape index (κ1) is 13.9. The van der Waals surface area contributed by atoms with Gasteiger partial charge in [-0.2, -0.15) is 0 Å². The van der Waals surface area contributed by atoms with Crippen molar-refractivity contribution in [3.05, 3.63) is 63.9 Å². The minimum absolute atomic E-state index is 0.350. The molecule has 0 radical (unpaired) electrons. The van der Waals surface area contributed by atoms with Gasteiger partial charge >= 0.3 is 5.97 Å². The van der Waals surface area contributed by atoms with Crippen molar-refractivity contribution in [2.75, 3.05) is 0 Å². The number of nitrogens with zero attached hydrogens (tertiary/aromatic N) is 1. The number of aromatic carboxylic acids is 1. The summed E-state index contributed by atoms with van der Waals surface area (Å²) in [6.45, 7) is 3.76. The number of rotatable bonds is 2. The number of aryl methyl sites for hydroxylation is 1. The van der Waals surface area contributed by atoms with E-state index in [2.05, 4.69) is 40.2 Å². The Hall–Kier alpha value is -2.07. The Bertz CT molecular complexity index is 865. The SMILES string of the molecule is Cc1cc(C(=O)O)c(C)n1-c1ccc2cc(Br)ccc2c1. The van der Waals surface area contributed by atoms with Crippen LogP contribution in [0.1, 0.15) is 21.7 Å². The van der Waals surface area contributed by atoms with E-state index in [-0.39, 0.29) is 0 Å². The normalized spacial score (nSPS) is 11.0. The molecule has 2 aromatic carbocycles. The zero-order valence-electron chi connectivity index (χ0n) is 11.7. The zero-order valence-corrected chi connectivity index (χ0v) is 13.3. The van der Waals surface area contributed by atoms with Gasteiger partial charge in [0.15, 0.2) is 0 Å². The Morgan fingerprint density at radius 1 is 1.05 bits per heavy atom. The molecule has 0 saturated heterocycles. The Morgan fingerprint density at radius 3 is 2.38 bits per heavy atom. The van der Waals surface area contributed by atoms with Gasteiger partial charge in [0, 0.05) is 21.5 Å². The zero-order chi connectivity index (χ0) is 15.1. The fourth-order valence-corrected chi connectivity index (χ4v) is 3.10. The van der Waals surface area contributed by atoms with Gasteiger partial charge in [-0.1, -0.05) is 28.1 Å². The molecule has 0 spiro atoms. The van der Waals surface area contributed by atoms with Crippen molar-refractivity contribution in [2.45, 2.75) is 13.8 Å². The maximum atomic E-state index is 11.2. The Morgan fingerprint density at radius 2 is 1.71 bits per heavy atom. The molecule has 0 bridgehead atoms. The number of aromatic nitrogens is 1. The number of benzene rings is 2. The molecule has 3 rings (SSSR count). The number of halogens is 1. The molecule has 0 aliphatic carbocycles. The molecule has 1 aromatic heterocycles. The summed E-state index contributed by atoms with van der Waals surface area (Å²) in [5.74, 6) is -0.890. The second kappa shape index (κ2) is 5.04. The van der Waals surface area contributed by atoms with Crippen molar-refractivity contribution >= 4 is 32.7 Å². The Balaban J connectivity index is 2.21. The summed E-state index contributed by atoms with van der Waals surface area (Å²) in [4.78, 5) is 11.2. The van der Waals surface area contributed by atoms with Crippen LogP contribution in [0.5, 0.6) is 0 Å². The van der Waals surface area contributed by atoms with Crippen molar-refractivity contribution in [2.24, 2.45) is 0 Å². The number of fused-ring (bicyclic) bond motifs is 1. The third-order valence-corrected chi connectivity index (χ3v) is 4.20. The van der Waals surface area contributed by atoms with E-state index >= 15 is 0 Å². The molecular weight excluding hydrogens is 330 g/mol. The van der Waals surface area contributed by atoms with Gasteiger partial charge in [0.25, 0.3) is 0 Å². The van der Waals surface area contributed by atoms with E-state index in [9.17, 15) is 9.90 Å². The molecule has 106 valence electrons. The molecule has 0 aliphatic rings. The van der Waals surface area contributed by atoms with Crippen LogP contribution in [0.3, 0.4) is 0 Å². The minimum Gasteiger partial charge on any atom is -0.478 e. The van der Waals surface area contributed by atoms with E-state index in [1.54, 1.807) is 6.07 Å². The lowest BCUT2D eigenvalue weighted by atomic mass is 10.1. The average Bonchev–Trinajstić information content (AvgIpc) is 2.74. The first-order valence-electron chi connectivity index (χ1n) is 6.59. The van der Waals surface area contributed by atoms with Crippen molar-refractivity contribution in [1.29, 1.82) is 0 Å². The minimum atomic E-state index is -0.890. The van der Waals surface area contributed by atoms with Gasteiger partial charge in [-0.25, -0.2) is 4.79 Å². The van der Waals surface area contributed by atoms with Crippen molar-refractivity contribution in [3.8, 4) is 5.69 Å². The summed E-state index contributed by atoms with van der Waals surface area (Å²) >= 11 is 3.47. The highest BCUT2D eigenvalue weighted by molar-refractivity contribution is 9.10. The van der Waals surface area contributed by atoms with Crippen molar-refractivity contribution in [3.63, 3.8) is 0 Å². The van der Waals surface area contributed by atoms with Gasteiger partial charge in [0.1, 0.15) is 0 Å². The fourth-order valence-electron chi connectivity index (χ4n) is 2.72. The summed E-state index contributed by atoms with van der Waals surface area (Å²) < 4.78 is 3.02. The fraction of sp³-hybridized carbons (Fsp3) is 0.118. The lowest BCUT2D eigenvalue weighted by Crippen LogP contribution is -2.02. The van der Waals surface area contributed by atoms with E-state index in [0.717, 1.165) is 32.3 Å². The smallest absolute Gasteiger partial charge is 0.337 e. The van der Waals surface area contributed by atoms with Crippen LogP contribution < -0.4 is 0 Å². The van der Waals surface area contributed by atoms with Gasteiger partial charge in [0.05, 0.1) is 5.56 Å². The summed E-state index contributed by atoms with van der Waals surface area (Å²) in [6, 6.07) is 14.0. The maximum Gasteiger partial charge on any atom is 0.337 e. The molecule has 4 heteroatoms. The quantitative estimate of drug-likeness (QED) is 0.732. The van der Waals surface area contributed by atoms with Crippen LogP contribution in [0, 0.1) is 13.8 Å². The number of hydrogen-bond acceptors (Lipinski definition) is 1. The molecule has 3 aromatic rings. The lowest BCUT2D eigenvalue weighted by Gasteiger charge is -2.11. The van der Waals surface area contributed by atoms with Gasteiger partial charge in [-0.3, -0.25) is 0 Å². The molecule has 3 nitrogen and oxygen atoms in total. The second-order valence-electron chi connectivity index (χ2n) is 5.10. The molecule has 0 aliphatic heterocycles. The topological polar surface area (TPSA) is 42.2 Å². The lowest BCUT2D eigenvalue weighted by molar-refractivity contribution is 0.0696. The van der Waals surface area contributed by atoms with Crippen molar-refractivity contribution < 1.29 is 9.90 Å². The van der Waals surface area contributed by atoms with E-state index in [1.807, 2.05) is 30.5 Å². The largest absolute Gasteiger partial charge is 0.478 e. The summed E-state index contributed by atoms with van der Waals surface area (Å²) in [6.07, 6.45) is 0. The monoisotopic (exact) mass is 343 g/mol. The highest BCUT2D eigenvalue weighted by Crippen LogP contribution is 2.26. The first-order valence-corrected chi connectivity index (χ1v) is 7.38. The van der Waals surface area contributed by atoms with E-state index in [0.29, 0.717) is 5.56 Å². The second-order valence-corrected chi connectivity index (χ2v) is 6.02. The molecule has 21 heavy (non-hydrogen) atoms. The van der Waals surface area contributed by atoms with Crippen LogP contribution >= 0.6 is 15.9 Å². The van der Waals surface area contributed by atoms with Gasteiger partial charge in [-0.05, 0) is 55.0 Å². The molecule has 0 fully saturated rings. The number of carboxylic acids is 1. The number of carbonyl (C=O) groups is 1. The van der Waals surface area contributed by atoms with Crippen LogP contribution in [0.15, 0.2) is 46.9 Å². The van der Waals surface area contributed by atoms with Crippen LogP contribution in [0.4, 0.5) is 0 Å². The number of hydrogen-bond donors (Lipinski definition) is 1. The molecular formula is C17H14BrNO2. The standard InChI is InChI=1S/C17H14BrNO2/c1-10-7-16(17(20)21)11(2)19(10)15-6-4-12-8-14(18)5-3-13(12)9-15/h3-9H,1-2H3,(H,20,21). The van der Waals surface area contributed by atoms with Crippen LogP contribution in [0.25, 0.3) is 16.5 Å². The molecule has 1 N–H and O–H groups in total. The predicted molar refractivity (Wildman–Crippen MR) is 87.4 cm³/mol. The summed E-state index contributed by atoms with van der Waals surface area (Å²) in [7, 11) is 0. The summed E-state index contributed by atoms with van der Waals surface area (Å²) in [5, 5.41) is 11.5. The van der Waals surface area contributed by atoms with Crippen LogP contribution in [0.2, 0.25) is 0 Å². The van der Waals surface area contributed by atoms with E-state index < -0.39 is 5.97 Å². The molecule has 0 unspecified atom stereocenters. The molecule has 0 saturated carbocycles. The average molecular weight is 344 g/mol. The highest BCUT2D eigenvalue weighted by Gasteiger charge is 2.15. The highest BCUT2D eigenvalue weighted by atomic mass is 79.9. The van der Waals surface area contributed by atoms with Crippen LogP contribution in [-0.2, 0) is 0 Å². The summed E-state index contributed by atoms with van der Waals surface area (Å²) in [5.41, 5.74) is 2.99. The third kappa shape index (κ3) is 2.36. The Labute approximate surface area is 131 Å². The van der Waals surface area contributed by atoms with Gasteiger partial charge < -0.3 is 9.67 Å². The number of carboxylic acid groups (broad SMARTS) is 1. The molecule has 1 heterocycles. The van der Waals surface area contributed by atoms with Crippen molar-refractivity contribution in [1.82, 2.24) is 4.57 Å². The molecule has 0 atom stereocenters. The van der Waals surface area contributed by atoms with E-state index in [1.165, 1.54) is 0 Å². The van der Waals surface area contributed by atoms with Gasteiger partial charge in [-0.15, -0.1) is 0 Å². The van der Waals surface area contributed by atoms with E-state index in [4.69, 9.17) is 0 Å².